The van der Waals surface area contributed by atoms with Crippen LogP contribution in [0.4, 0.5) is 0 Å². The quantitative estimate of drug-likeness (QED) is 0.348. The van der Waals surface area contributed by atoms with Crippen molar-refractivity contribution in [2.45, 2.75) is 26.8 Å². The Hall–Kier alpha value is -3.52. The van der Waals surface area contributed by atoms with E-state index in [2.05, 4.69) is 0 Å². The molecule has 8 heteroatoms. The van der Waals surface area contributed by atoms with Gasteiger partial charge in [-0.25, -0.2) is 0 Å². The Bertz CT molecular complexity index is 1140. The monoisotopic (exact) mass is 468 g/mol. The summed E-state index contributed by atoms with van der Waals surface area (Å²) in [7, 11) is 5.25. The van der Waals surface area contributed by atoms with Crippen LogP contribution in [0.2, 0.25) is 0 Å². The van der Waals surface area contributed by atoms with E-state index in [-0.39, 0.29) is 29.4 Å². The molecule has 2 N–H and O–H groups in total. The Balaban J connectivity index is 2.27. The zero-order chi connectivity index (χ0) is 25.2. The minimum atomic E-state index is -0.856. The summed E-state index contributed by atoms with van der Waals surface area (Å²) in [5.41, 5.74) is 2.54. The molecule has 1 unspecified atom stereocenters. The van der Waals surface area contributed by atoms with Crippen molar-refractivity contribution in [2.75, 3.05) is 40.9 Å². The molecule has 34 heavy (non-hydrogen) atoms. The van der Waals surface area contributed by atoms with Gasteiger partial charge in [0.2, 0.25) is 0 Å². The molecule has 1 amide bonds. The molecule has 0 radical (unpaired) electrons. The van der Waals surface area contributed by atoms with Crippen molar-refractivity contribution in [3.8, 4) is 17.2 Å². The molecule has 1 saturated heterocycles. The molecular formula is C26H32N2O6. The number of Topliss-reactive ketones (excluding diaryl/α,β-unsaturated/α-hetero) is 1. The van der Waals surface area contributed by atoms with E-state index in [0.717, 1.165) is 11.1 Å². The summed E-state index contributed by atoms with van der Waals surface area (Å²) in [6, 6.07) is 7.48. The third kappa shape index (κ3) is 4.72. The first-order valence-electron chi connectivity index (χ1n) is 11.1. The van der Waals surface area contributed by atoms with E-state index in [1.54, 1.807) is 25.1 Å². The van der Waals surface area contributed by atoms with Gasteiger partial charge in [0.25, 0.3) is 11.7 Å². The summed E-state index contributed by atoms with van der Waals surface area (Å²) in [5.74, 6) is -1.14. The Morgan fingerprint density at radius 3 is 2.47 bits per heavy atom. The second-order valence-corrected chi connectivity index (χ2v) is 8.62. The summed E-state index contributed by atoms with van der Waals surface area (Å²) in [5, 5.41) is 21.6. The van der Waals surface area contributed by atoms with Crippen molar-refractivity contribution in [3.05, 3.63) is 58.2 Å². The van der Waals surface area contributed by atoms with Gasteiger partial charge in [0.15, 0.2) is 11.5 Å². The lowest BCUT2D eigenvalue weighted by Gasteiger charge is -2.27. The van der Waals surface area contributed by atoms with E-state index in [9.17, 15) is 19.8 Å². The maximum atomic E-state index is 13.3. The highest BCUT2D eigenvalue weighted by atomic mass is 16.5. The largest absolute Gasteiger partial charge is 0.507 e. The van der Waals surface area contributed by atoms with Crippen molar-refractivity contribution in [3.63, 3.8) is 0 Å². The van der Waals surface area contributed by atoms with Gasteiger partial charge in [0.1, 0.15) is 11.5 Å². The number of benzene rings is 2. The van der Waals surface area contributed by atoms with Crippen LogP contribution < -0.4 is 9.47 Å². The van der Waals surface area contributed by atoms with E-state index >= 15 is 0 Å². The van der Waals surface area contributed by atoms with Crippen LogP contribution in [0, 0.1) is 13.8 Å². The third-order valence-electron chi connectivity index (χ3n) is 5.81. The molecule has 2 aromatic rings. The number of hydrogen-bond donors (Lipinski definition) is 2. The molecule has 0 aromatic heterocycles. The van der Waals surface area contributed by atoms with Crippen molar-refractivity contribution in [1.82, 2.24) is 9.80 Å². The lowest BCUT2D eigenvalue weighted by Crippen LogP contribution is -2.35. The molecule has 2 aromatic carbocycles. The van der Waals surface area contributed by atoms with Gasteiger partial charge < -0.3 is 29.5 Å². The number of amides is 1. The highest BCUT2D eigenvalue weighted by Crippen LogP contribution is 2.43. The summed E-state index contributed by atoms with van der Waals surface area (Å²) in [6.07, 6.45) is 0. The average Bonchev–Trinajstić information content (AvgIpc) is 3.03. The highest BCUT2D eigenvalue weighted by molar-refractivity contribution is 6.46. The number of phenolic OH excluding ortho intramolecular Hbond substituents is 1. The Kier molecular flexibility index (Phi) is 7.51. The topological polar surface area (TPSA) is 99.5 Å². The molecule has 0 aliphatic carbocycles. The number of carbonyl (C=O) groups is 2. The maximum absolute atomic E-state index is 13.3. The Morgan fingerprint density at radius 2 is 1.85 bits per heavy atom. The van der Waals surface area contributed by atoms with Gasteiger partial charge >= 0.3 is 0 Å². The minimum Gasteiger partial charge on any atom is -0.507 e. The summed E-state index contributed by atoms with van der Waals surface area (Å²) in [4.78, 5) is 29.7. The lowest BCUT2D eigenvalue weighted by atomic mass is 9.93. The van der Waals surface area contributed by atoms with Gasteiger partial charge in [0.05, 0.1) is 30.9 Å². The third-order valence-corrected chi connectivity index (χ3v) is 5.81. The standard InChI is InChI=1S/C26H32N2O6/c1-7-34-20-14-17(8-9-19(20)29)22-21(24(31)26(32)28(22)11-10-27(4)5)23(30)18-13-15(2)12-16(3)25(18)33-6/h8-9,12-14,22,29-30H,7,10-11H2,1-6H3/b23-21+. The Morgan fingerprint density at radius 1 is 1.15 bits per heavy atom. The first-order chi connectivity index (χ1) is 16.1. The van der Waals surface area contributed by atoms with Crippen LogP contribution in [0.25, 0.3) is 5.76 Å². The van der Waals surface area contributed by atoms with Gasteiger partial charge in [-0.2, -0.15) is 0 Å². The fraction of sp³-hybridized carbons (Fsp3) is 0.385. The van der Waals surface area contributed by atoms with Crippen molar-refractivity contribution in [2.24, 2.45) is 0 Å². The number of rotatable bonds is 8. The van der Waals surface area contributed by atoms with Gasteiger partial charge in [-0.15, -0.1) is 0 Å². The predicted octanol–water partition coefficient (Wildman–Crippen LogP) is 3.40. The first-order valence-corrected chi connectivity index (χ1v) is 11.1. The second-order valence-electron chi connectivity index (χ2n) is 8.62. The van der Waals surface area contributed by atoms with Crippen molar-refractivity contribution in [1.29, 1.82) is 0 Å². The fourth-order valence-electron chi connectivity index (χ4n) is 4.28. The van der Waals surface area contributed by atoms with Crippen LogP contribution in [0.1, 0.15) is 35.2 Å². The maximum Gasteiger partial charge on any atom is 0.295 e. The number of likely N-dealkylation sites (tertiary alicyclic amines) is 1. The number of aryl methyl sites for hydroxylation is 2. The van der Waals surface area contributed by atoms with E-state index in [1.807, 2.05) is 38.9 Å². The van der Waals surface area contributed by atoms with E-state index in [0.29, 0.717) is 30.0 Å². The molecule has 0 saturated carbocycles. The molecule has 0 spiro atoms. The number of hydrogen-bond acceptors (Lipinski definition) is 7. The SMILES string of the molecule is CCOc1cc(C2/C(=C(\O)c3cc(C)cc(C)c3OC)C(=O)C(=O)N2CCN(C)C)ccc1O. The van der Waals surface area contributed by atoms with Crippen LogP contribution in [0.5, 0.6) is 17.2 Å². The average molecular weight is 469 g/mol. The van der Waals surface area contributed by atoms with Gasteiger partial charge in [0, 0.05) is 13.1 Å². The summed E-state index contributed by atoms with van der Waals surface area (Å²) < 4.78 is 11.1. The van der Waals surface area contributed by atoms with Crippen molar-refractivity contribution >= 4 is 17.4 Å². The van der Waals surface area contributed by atoms with E-state index < -0.39 is 17.7 Å². The molecule has 182 valence electrons. The zero-order valence-electron chi connectivity index (χ0n) is 20.5. The number of aliphatic hydroxyl groups excluding tert-OH is 1. The summed E-state index contributed by atoms with van der Waals surface area (Å²) in [6.45, 7) is 6.65. The fourth-order valence-corrected chi connectivity index (χ4v) is 4.28. The number of nitrogens with zero attached hydrogens (tertiary/aromatic N) is 2. The van der Waals surface area contributed by atoms with Crippen LogP contribution in [0.15, 0.2) is 35.9 Å². The number of phenols is 1. The molecule has 8 nitrogen and oxygen atoms in total. The van der Waals surface area contributed by atoms with Crippen LogP contribution >= 0.6 is 0 Å². The predicted molar refractivity (Wildman–Crippen MR) is 129 cm³/mol. The first kappa shape index (κ1) is 25.1. The summed E-state index contributed by atoms with van der Waals surface area (Å²) >= 11 is 0. The van der Waals surface area contributed by atoms with E-state index in [4.69, 9.17) is 9.47 Å². The smallest absolute Gasteiger partial charge is 0.295 e. The molecule has 1 atom stereocenters. The number of carbonyl (C=O) groups excluding carboxylic acids is 2. The van der Waals surface area contributed by atoms with Gasteiger partial charge in [-0.1, -0.05) is 12.1 Å². The number of aromatic hydroxyl groups is 1. The molecular weight excluding hydrogens is 436 g/mol. The number of likely N-dealkylation sites (N-methyl/N-ethyl adjacent to an activating group) is 1. The lowest BCUT2D eigenvalue weighted by molar-refractivity contribution is -0.140. The van der Waals surface area contributed by atoms with Crippen molar-refractivity contribution < 1.29 is 29.3 Å². The number of aliphatic hydroxyl groups is 1. The molecule has 0 bridgehead atoms. The number of methoxy groups -OCH3 is 1. The molecule has 1 fully saturated rings. The van der Waals surface area contributed by atoms with Crippen LogP contribution in [-0.2, 0) is 9.59 Å². The molecule has 3 rings (SSSR count). The van der Waals surface area contributed by atoms with Gasteiger partial charge in [-0.3, -0.25) is 9.59 Å². The zero-order valence-corrected chi connectivity index (χ0v) is 20.5. The van der Waals surface area contributed by atoms with Crippen LogP contribution in [0.3, 0.4) is 0 Å². The highest BCUT2D eigenvalue weighted by Gasteiger charge is 2.46. The number of ether oxygens (including phenoxy) is 2. The van der Waals surface area contributed by atoms with Gasteiger partial charge in [-0.05, 0) is 69.8 Å². The van der Waals surface area contributed by atoms with Crippen LogP contribution in [-0.4, -0.2) is 72.6 Å². The Labute approximate surface area is 200 Å². The minimum absolute atomic E-state index is 0.0276. The van der Waals surface area contributed by atoms with E-state index in [1.165, 1.54) is 18.1 Å². The molecule has 1 aliphatic heterocycles. The second kappa shape index (κ2) is 10.2. The number of ketones is 1. The molecule has 1 aliphatic rings. The molecule has 1 heterocycles. The normalized spacial score (nSPS) is 17.5.